The third-order valence-electron chi connectivity index (χ3n) is 4.19. The van der Waals surface area contributed by atoms with E-state index in [1.807, 2.05) is 19.9 Å². The Bertz CT molecular complexity index is 830. The van der Waals surface area contributed by atoms with Crippen molar-refractivity contribution in [2.75, 3.05) is 0 Å². The van der Waals surface area contributed by atoms with E-state index < -0.39 is 15.4 Å². The second kappa shape index (κ2) is 10.1. The van der Waals surface area contributed by atoms with Gasteiger partial charge in [-0.05, 0) is 49.2 Å². The molecule has 0 saturated heterocycles. The third kappa shape index (κ3) is 6.40. The van der Waals surface area contributed by atoms with Gasteiger partial charge in [-0.3, -0.25) is 0 Å². The lowest BCUT2D eigenvalue weighted by Gasteiger charge is -2.18. The summed E-state index contributed by atoms with van der Waals surface area (Å²) >= 11 is 0. The van der Waals surface area contributed by atoms with Crippen LogP contribution >= 0.6 is 0 Å². The average molecular weight is 390 g/mol. The van der Waals surface area contributed by atoms with Crippen LogP contribution in [0.15, 0.2) is 59.6 Å². The highest BCUT2D eigenvalue weighted by Crippen LogP contribution is 2.22. The Morgan fingerprint density at radius 3 is 2.26 bits per heavy atom. The number of nitrogens with zero attached hydrogens (tertiary/aromatic N) is 1. The summed E-state index contributed by atoms with van der Waals surface area (Å²) in [6, 6.07) is 15.2. The molecule has 0 fully saturated rings. The van der Waals surface area contributed by atoms with Crippen molar-refractivity contribution in [2.24, 2.45) is 4.99 Å². The van der Waals surface area contributed by atoms with Crippen LogP contribution < -0.4 is 0 Å². The molecule has 27 heavy (non-hydrogen) atoms. The highest BCUT2D eigenvalue weighted by molar-refractivity contribution is 7.87. The molecular formula is C21H27NO4S. The minimum atomic E-state index is -3.81. The average Bonchev–Trinajstić information content (AvgIpc) is 2.66. The van der Waals surface area contributed by atoms with Crippen LogP contribution in [0.5, 0.6) is 5.75 Å². The van der Waals surface area contributed by atoms with Crippen LogP contribution in [0.4, 0.5) is 5.69 Å². The van der Waals surface area contributed by atoms with Crippen LogP contribution in [0.25, 0.3) is 0 Å². The normalized spacial score (nSPS) is 13.3. The van der Waals surface area contributed by atoms with Gasteiger partial charge < -0.3 is 9.29 Å². The lowest BCUT2D eigenvalue weighted by molar-refractivity contribution is 0.452. The third-order valence-corrected chi connectivity index (χ3v) is 5.87. The Labute approximate surface area is 161 Å². The second-order valence-corrected chi connectivity index (χ2v) is 8.25. The van der Waals surface area contributed by atoms with Crippen molar-refractivity contribution >= 4 is 21.7 Å². The van der Waals surface area contributed by atoms with E-state index in [1.165, 1.54) is 12.1 Å². The first-order valence-electron chi connectivity index (χ1n) is 9.32. The first-order chi connectivity index (χ1) is 13.0. The number of aromatic hydroxyl groups is 1. The van der Waals surface area contributed by atoms with Gasteiger partial charge in [-0.15, -0.1) is 0 Å². The molecule has 0 bridgehead atoms. The molecule has 6 heteroatoms. The summed E-state index contributed by atoms with van der Waals surface area (Å²) in [5.41, 5.74) is 1.09. The number of hydrogen-bond acceptors (Lipinski definition) is 5. The minimum absolute atomic E-state index is 0.0406. The molecule has 1 N–H and O–H groups in total. The number of hydrogen-bond donors (Lipinski definition) is 1. The SMILES string of the molecule is CCCCC(CCC)S(=O)(=O)OC(=Nc1ccc(O)cc1)c1ccccc1. The second-order valence-electron chi connectivity index (χ2n) is 6.43. The van der Waals surface area contributed by atoms with Crippen molar-refractivity contribution in [2.45, 2.75) is 51.2 Å². The molecule has 1 atom stereocenters. The van der Waals surface area contributed by atoms with E-state index in [4.69, 9.17) is 4.18 Å². The Morgan fingerprint density at radius 1 is 1.00 bits per heavy atom. The number of unbranched alkanes of at least 4 members (excludes halogenated alkanes) is 1. The van der Waals surface area contributed by atoms with E-state index in [0.29, 0.717) is 24.1 Å². The largest absolute Gasteiger partial charge is 0.508 e. The molecule has 0 heterocycles. The molecule has 0 amide bonds. The van der Waals surface area contributed by atoms with E-state index in [9.17, 15) is 13.5 Å². The molecule has 0 saturated carbocycles. The van der Waals surface area contributed by atoms with Gasteiger partial charge in [0, 0.05) is 5.56 Å². The van der Waals surface area contributed by atoms with Gasteiger partial charge in [0.25, 0.3) is 0 Å². The number of benzene rings is 2. The van der Waals surface area contributed by atoms with E-state index in [-0.39, 0.29) is 11.6 Å². The molecule has 0 radical (unpaired) electrons. The lowest BCUT2D eigenvalue weighted by atomic mass is 10.1. The fraction of sp³-hybridized carbons (Fsp3) is 0.381. The van der Waals surface area contributed by atoms with E-state index >= 15 is 0 Å². The van der Waals surface area contributed by atoms with Gasteiger partial charge in [-0.2, -0.15) is 8.42 Å². The lowest BCUT2D eigenvalue weighted by Crippen LogP contribution is -2.26. The molecule has 0 aromatic heterocycles. The molecule has 0 spiro atoms. The number of phenols is 1. The predicted octanol–water partition coefficient (Wildman–Crippen LogP) is 5.18. The fourth-order valence-corrected chi connectivity index (χ4v) is 4.19. The van der Waals surface area contributed by atoms with Crippen molar-refractivity contribution < 1.29 is 17.7 Å². The first kappa shape index (κ1) is 21.0. The number of phenolic OH excluding ortho intramolecular Hbond substituents is 1. The van der Waals surface area contributed by atoms with E-state index in [1.54, 1.807) is 36.4 Å². The summed E-state index contributed by atoms with van der Waals surface area (Å²) in [6.07, 6.45) is 3.68. The fourth-order valence-electron chi connectivity index (χ4n) is 2.72. The molecule has 146 valence electrons. The van der Waals surface area contributed by atoms with Crippen LogP contribution in [0.3, 0.4) is 0 Å². The van der Waals surface area contributed by atoms with Gasteiger partial charge in [0.2, 0.25) is 5.90 Å². The van der Waals surface area contributed by atoms with Gasteiger partial charge in [-0.1, -0.05) is 51.3 Å². The zero-order valence-corrected chi connectivity index (χ0v) is 16.7. The summed E-state index contributed by atoms with van der Waals surface area (Å²) < 4.78 is 31.4. The Morgan fingerprint density at radius 2 is 1.67 bits per heavy atom. The summed E-state index contributed by atoms with van der Waals surface area (Å²) in [5, 5.41) is 8.89. The molecule has 2 aromatic carbocycles. The van der Waals surface area contributed by atoms with Gasteiger partial charge in [0.15, 0.2) is 0 Å². The maximum atomic E-state index is 12.9. The number of rotatable bonds is 9. The Balaban J connectivity index is 2.37. The zero-order valence-electron chi connectivity index (χ0n) is 15.8. The standard InChI is InChI=1S/C21H27NO4S/c1-3-5-12-20(9-4-2)27(24,25)26-21(17-10-7-6-8-11-17)22-18-13-15-19(23)16-14-18/h6-8,10-11,13-16,20,23H,3-5,9,12H2,1-2H3. The summed E-state index contributed by atoms with van der Waals surface area (Å²) in [4.78, 5) is 4.38. The van der Waals surface area contributed by atoms with E-state index in [0.717, 1.165) is 19.3 Å². The highest BCUT2D eigenvalue weighted by atomic mass is 32.2. The van der Waals surface area contributed by atoms with Crippen LogP contribution in [0.1, 0.15) is 51.5 Å². The van der Waals surface area contributed by atoms with Crippen LogP contribution in [-0.4, -0.2) is 24.7 Å². The number of aliphatic imine (C=N–C) groups is 1. The minimum Gasteiger partial charge on any atom is -0.508 e. The molecule has 1 unspecified atom stereocenters. The van der Waals surface area contributed by atoms with Gasteiger partial charge in [0.1, 0.15) is 5.75 Å². The predicted molar refractivity (Wildman–Crippen MR) is 109 cm³/mol. The first-order valence-corrected chi connectivity index (χ1v) is 10.8. The van der Waals surface area contributed by atoms with Crippen molar-refractivity contribution in [1.29, 1.82) is 0 Å². The van der Waals surface area contributed by atoms with Gasteiger partial charge in [-0.25, -0.2) is 4.99 Å². The van der Waals surface area contributed by atoms with E-state index in [2.05, 4.69) is 4.99 Å². The molecular weight excluding hydrogens is 362 g/mol. The molecule has 2 aromatic rings. The molecule has 0 aliphatic rings. The molecule has 2 rings (SSSR count). The molecule has 0 aliphatic heterocycles. The monoisotopic (exact) mass is 389 g/mol. The summed E-state index contributed by atoms with van der Waals surface area (Å²) in [5.74, 6) is 0.158. The Kier molecular flexibility index (Phi) is 7.85. The van der Waals surface area contributed by atoms with Crippen molar-refractivity contribution in [3.8, 4) is 5.75 Å². The van der Waals surface area contributed by atoms with Crippen LogP contribution in [-0.2, 0) is 14.3 Å². The Hall–Kier alpha value is -2.34. The zero-order chi connectivity index (χ0) is 19.7. The summed E-state index contributed by atoms with van der Waals surface area (Å²) in [6.45, 7) is 4.01. The smallest absolute Gasteiger partial charge is 0.313 e. The maximum Gasteiger partial charge on any atom is 0.313 e. The van der Waals surface area contributed by atoms with Crippen LogP contribution in [0, 0.1) is 0 Å². The van der Waals surface area contributed by atoms with Crippen molar-refractivity contribution in [3.05, 3.63) is 60.2 Å². The van der Waals surface area contributed by atoms with Crippen molar-refractivity contribution in [3.63, 3.8) is 0 Å². The quantitative estimate of drug-likeness (QED) is 0.364. The van der Waals surface area contributed by atoms with Crippen molar-refractivity contribution in [1.82, 2.24) is 0 Å². The van der Waals surface area contributed by atoms with Gasteiger partial charge >= 0.3 is 10.1 Å². The maximum absolute atomic E-state index is 12.9. The summed E-state index contributed by atoms with van der Waals surface area (Å²) in [7, 11) is -3.81. The highest BCUT2D eigenvalue weighted by Gasteiger charge is 2.28. The topological polar surface area (TPSA) is 76.0 Å². The van der Waals surface area contributed by atoms with Crippen LogP contribution in [0.2, 0.25) is 0 Å². The van der Waals surface area contributed by atoms with Gasteiger partial charge in [0.05, 0.1) is 10.9 Å². The molecule has 0 aliphatic carbocycles. The molecule has 5 nitrogen and oxygen atoms in total.